The minimum absolute atomic E-state index is 0.304. The van der Waals surface area contributed by atoms with Gasteiger partial charge in [0, 0.05) is 20.2 Å². The van der Waals surface area contributed by atoms with Gasteiger partial charge in [0.05, 0.1) is 6.61 Å². The zero-order chi connectivity index (χ0) is 14.4. The van der Waals surface area contributed by atoms with Crippen molar-refractivity contribution in [1.82, 2.24) is 4.37 Å². The van der Waals surface area contributed by atoms with E-state index in [1.165, 1.54) is 18.0 Å². The Morgan fingerprint density at radius 3 is 3.10 bits per heavy atom. The molecule has 0 amide bonds. The largest absolute Gasteiger partial charge is 0.383 e. The molecule has 108 valence electrons. The summed E-state index contributed by atoms with van der Waals surface area (Å²) in [6.45, 7) is 2.30. The molecule has 0 fully saturated rings. The molecule has 0 N–H and O–H groups in total. The fourth-order valence-electron chi connectivity index (χ4n) is 2.38. The van der Waals surface area contributed by atoms with Crippen LogP contribution in [0.15, 0.2) is 12.2 Å². The van der Waals surface area contributed by atoms with Gasteiger partial charge in [-0.1, -0.05) is 23.8 Å². The van der Waals surface area contributed by atoms with Gasteiger partial charge in [-0.2, -0.15) is 9.64 Å². The van der Waals surface area contributed by atoms with Crippen molar-refractivity contribution in [3.05, 3.63) is 22.9 Å². The molecule has 0 aromatic carbocycles. The van der Waals surface area contributed by atoms with E-state index < -0.39 is 0 Å². The lowest BCUT2D eigenvalue weighted by atomic mass is 9.94. The second kappa shape index (κ2) is 7.63. The maximum atomic E-state index is 9.23. The highest BCUT2D eigenvalue weighted by Gasteiger charge is 2.21. The maximum absolute atomic E-state index is 9.23. The number of anilines is 1. The molecule has 1 aromatic rings. The highest BCUT2D eigenvalue weighted by atomic mass is 35.5. The minimum atomic E-state index is 0.304. The first kappa shape index (κ1) is 15.3. The SMILES string of the molecule is COCCN(CC1CC=CCC1)c1snc(Cl)c1C#N. The van der Waals surface area contributed by atoms with E-state index in [9.17, 15) is 5.26 Å². The number of ether oxygens (including phenoxy) is 1. The third kappa shape index (κ3) is 3.72. The molecule has 1 aliphatic rings. The molecule has 0 aliphatic heterocycles. The van der Waals surface area contributed by atoms with E-state index in [4.69, 9.17) is 16.3 Å². The third-order valence-corrected chi connectivity index (χ3v) is 4.74. The molecule has 20 heavy (non-hydrogen) atoms. The van der Waals surface area contributed by atoms with Crippen molar-refractivity contribution in [3.63, 3.8) is 0 Å². The van der Waals surface area contributed by atoms with Gasteiger partial charge in [0.2, 0.25) is 0 Å². The van der Waals surface area contributed by atoms with E-state index in [0.717, 1.165) is 30.9 Å². The molecular formula is C14H18ClN3OS. The molecule has 0 bridgehead atoms. The second-order valence-corrected chi connectivity index (χ2v) is 5.96. The van der Waals surface area contributed by atoms with Crippen molar-refractivity contribution in [2.24, 2.45) is 5.92 Å². The van der Waals surface area contributed by atoms with Gasteiger partial charge >= 0.3 is 0 Å². The molecule has 1 unspecified atom stereocenters. The molecular weight excluding hydrogens is 294 g/mol. The Kier molecular flexibility index (Phi) is 5.84. The Morgan fingerprint density at radius 2 is 2.45 bits per heavy atom. The van der Waals surface area contributed by atoms with Gasteiger partial charge in [-0.25, -0.2) is 0 Å². The third-order valence-electron chi connectivity index (χ3n) is 3.45. The van der Waals surface area contributed by atoms with Gasteiger partial charge in [0.25, 0.3) is 0 Å². The highest BCUT2D eigenvalue weighted by molar-refractivity contribution is 7.10. The van der Waals surface area contributed by atoms with E-state index >= 15 is 0 Å². The Bertz CT molecular complexity index is 509. The summed E-state index contributed by atoms with van der Waals surface area (Å²) in [5, 5.41) is 10.4. The fraction of sp³-hybridized carbons (Fsp3) is 0.571. The average Bonchev–Trinajstić information content (AvgIpc) is 2.85. The monoisotopic (exact) mass is 311 g/mol. The molecule has 1 atom stereocenters. The van der Waals surface area contributed by atoms with E-state index in [0.29, 0.717) is 23.2 Å². The lowest BCUT2D eigenvalue weighted by Gasteiger charge is -2.28. The minimum Gasteiger partial charge on any atom is -0.383 e. The lowest BCUT2D eigenvalue weighted by molar-refractivity contribution is 0.204. The zero-order valence-corrected chi connectivity index (χ0v) is 13.1. The van der Waals surface area contributed by atoms with Crippen LogP contribution in [0.5, 0.6) is 0 Å². The predicted molar refractivity (Wildman–Crippen MR) is 82.4 cm³/mol. The molecule has 6 heteroatoms. The maximum Gasteiger partial charge on any atom is 0.162 e. The summed E-state index contributed by atoms with van der Waals surface area (Å²) >= 11 is 7.27. The van der Waals surface area contributed by atoms with Gasteiger partial charge in [0.15, 0.2) is 5.15 Å². The van der Waals surface area contributed by atoms with Crippen LogP contribution in [0.4, 0.5) is 5.00 Å². The number of hydrogen-bond acceptors (Lipinski definition) is 5. The molecule has 0 saturated carbocycles. The van der Waals surface area contributed by atoms with Crippen molar-refractivity contribution < 1.29 is 4.74 Å². The van der Waals surface area contributed by atoms with E-state index in [1.807, 2.05) is 0 Å². The summed E-state index contributed by atoms with van der Waals surface area (Å²) < 4.78 is 9.27. The van der Waals surface area contributed by atoms with Crippen LogP contribution in [0.3, 0.4) is 0 Å². The molecule has 4 nitrogen and oxygen atoms in total. The van der Waals surface area contributed by atoms with Crippen LogP contribution >= 0.6 is 23.1 Å². The quantitative estimate of drug-likeness (QED) is 0.755. The molecule has 2 rings (SSSR count). The van der Waals surface area contributed by atoms with Crippen LogP contribution in [-0.4, -0.2) is 31.2 Å². The fourth-order valence-corrected chi connectivity index (χ4v) is 3.45. The first-order chi connectivity index (χ1) is 9.76. The molecule has 1 aromatic heterocycles. The van der Waals surface area contributed by atoms with Gasteiger partial charge in [-0.05, 0) is 36.7 Å². The van der Waals surface area contributed by atoms with E-state index in [1.54, 1.807) is 7.11 Å². The van der Waals surface area contributed by atoms with Gasteiger partial charge in [-0.3, -0.25) is 0 Å². The number of nitriles is 1. The van der Waals surface area contributed by atoms with E-state index in [-0.39, 0.29) is 0 Å². The zero-order valence-electron chi connectivity index (χ0n) is 11.5. The average molecular weight is 312 g/mol. The number of rotatable bonds is 6. The van der Waals surface area contributed by atoms with Crippen molar-refractivity contribution in [3.8, 4) is 6.07 Å². The van der Waals surface area contributed by atoms with Crippen molar-refractivity contribution in [1.29, 1.82) is 5.26 Å². The summed E-state index contributed by atoms with van der Waals surface area (Å²) in [4.78, 5) is 2.19. The van der Waals surface area contributed by atoms with Crippen LogP contribution in [-0.2, 0) is 4.74 Å². The predicted octanol–water partition coefficient (Wildman–Crippen LogP) is 3.48. The number of methoxy groups -OCH3 is 1. The second-order valence-electron chi connectivity index (χ2n) is 4.85. The van der Waals surface area contributed by atoms with Crippen molar-refractivity contribution in [2.45, 2.75) is 19.3 Å². The standard InChI is InChI=1S/C14H18ClN3OS/c1-19-8-7-18(10-11-5-3-2-4-6-11)14-12(9-16)13(15)17-20-14/h2-3,11H,4-8,10H2,1H3. The molecule has 0 saturated heterocycles. The van der Waals surface area contributed by atoms with Crippen LogP contribution in [0.2, 0.25) is 5.15 Å². The smallest absolute Gasteiger partial charge is 0.162 e. The normalized spacial score (nSPS) is 17.9. The van der Waals surface area contributed by atoms with Crippen LogP contribution in [0, 0.1) is 17.2 Å². The summed E-state index contributed by atoms with van der Waals surface area (Å²) in [5.41, 5.74) is 0.485. The highest BCUT2D eigenvalue weighted by Crippen LogP contribution is 2.32. The van der Waals surface area contributed by atoms with Gasteiger partial charge in [-0.15, -0.1) is 0 Å². The Morgan fingerprint density at radius 1 is 1.60 bits per heavy atom. The van der Waals surface area contributed by atoms with Gasteiger partial charge in [0.1, 0.15) is 16.6 Å². The molecule has 0 spiro atoms. The van der Waals surface area contributed by atoms with Crippen LogP contribution in [0.25, 0.3) is 0 Å². The number of allylic oxidation sites excluding steroid dienone is 2. The number of aromatic nitrogens is 1. The Hall–Kier alpha value is -1.09. The molecule has 1 aliphatic carbocycles. The summed E-state index contributed by atoms with van der Waals surface area (Å²) in [6, 6.07) is 2.16. The Balaban J connectivity index is 2.13. The number of halogens is 1. The van der Waals surface area contributed by atoms with Crippen molar-refractivity contribution in [2.75, 3.05) is 31.7 Å². The first-order valence-corrected chi connectivity index (χ1v) is 7.85. The molecule has 0 radical (unpaired) electrons. The topological polar surface area (TPSA) is 49.1 Å². The number of nitrogens with zero attached hydrogens (tertiary/aromatic N) is 3. The van der Waals surface area contributed by atoms with Crippen LogP contribution < -0.4 is 4.90 Å². The lowest BCUT2D eigenvalue weighted by Crippen LogP contribution is -2.32. The summed E-state index contributed by atoms with van der Waals surface area (Å²) in [7, 11) is 1.69. The van der Waals surface area contributed by atoms with E-state index in [2.05, 4.69) is 27.5 Å². The van der Waals surface area contributed by atoms with Crippen LogP contribution in [0.1, 0.15) is 24.8 Å². The Labute approximate surface area is 128 Å². The first-order valence-electron chi connectivity index (χ1n) is 6.70. The summed E-state index contributed by atoms with van der Waals surface area (Å²) in [6.07, 6.45) is 7.90. The number of hydrogen-bond donors (Lipinski definition) is 0. The van der Waals surface area contributed by atoms with Gasteiger partial charge < -0.3 is 9.64 Å². The van der Waals surface area contributed by atoms with Crippen molar-refractivity contribution >= 4 is 28.1 Å². The summed E-state index contributed by atoms with van der Waals surface area (Å²) in [5.74, 6) is 0.615. The molecule has 1 heterocycles.